The van der Waals surface area contributed by atoms with Gasteiger partial charge in [-0.05, 0) is 24.7 Å². The summed E-state index contributed by atoms with van der Waals surface area (Å²) >= 11 is 3.44. The molecule has 16 heavy (non-hydrogen) atoms. The zero-order valence-electron chi connectivity index (χ0n) is 10.2. The van der Waals surface area contributed by atoms with E-state index in [9.17, 15) is 4.79 Å². The summed E-state index contributed by atoms with van der Waals surface area (Å²) in [6.45, 7) is 6.57. The predicted octanol–water partition coefficient (Wildman–Crippen LogP) is 2.34. The van der Waals surface area contributed by atoms with E-state index in [1.165, 1.54) is 0 Å². The molecule has 1 aliphatic rings. The Hall–Kier alpha value is -0.0900. The molecule has 1 heterocycles. The Morgan fingerprint density at radius 3 is 2.62 bits per heavy atom. The number of alkyl halides is 1. The lowest BCUT2D eigenvalue weighted by molar-refractivity contribution is -0.128. The molecule has 3 nitrogen and oxygen atoms in total. The fraction of sp³-hybridized carbons (Fsp3) is 0.917. The molecular weight excluding hydrogens is 270 g/mol. The third kappa shape index (κ3) is 4.83. The zero-order valence-corrected chi connectivity index (χ0v) is 11.8. The van der Waals surface area contributed by atoms with Crippen molar-refractivity contribution in [1.82, 2.24) is 5.32 Å². The lowest BCUT2D eigenvalue weighted by Crippen LogP contribution is -2.39. The van der Waals surface area contributed by atoms with Crippen molar-refractivity contribution in [2.75, 3.05) is 25.1 Å². The third-order valence-electron chi connectivity index (χ3n) is 3.10. The first-order chi connectivity index (χ1) is 7.55. The van der Waals surface area contributed by atoms with E-state index >= 15 is 0 Å². The van der Waals surface area contributed by atoms with Crippen LogP contribution in [0.25, 0.3) is 0 Å². The van der Waals surface area contributed by atoms with Crippen LogP contribution >= 0.6 is 15.9 Å². The van der Waals surface area contributed by atoms with Crippen molar-refractivity contribution in [1.29, 1.82) is 0 Å². The zero-order chi connectivity index (χ0) is 12.0. The molecule has 0 bridgehead atoms. The van der Waals surface area contributed by atoms with Gasteiger partial charge < -0.3 is 10.1 Å². The first-order valence-electron chi connectivity index (χ1n) is 5.96. The van der Waals surface area contributed by atoms with E-state index in [0.717, 1.165) is 44.4 Å². The number of carbonyl (C=O) groups excluding carboxylic acids is 1. The summed E-state index contributed by atoms with van der Waals surface area (Å²) in [5, 5.41) is 4.04. The van der Waals surface area contributed by atoms with Crippen LogP contribution in [0, 0.1) is 11.3 Å². The molecule has 0 radical (unpaired) electrons. The summed E-state index contributed by atoms with van der Waals surface area (Å²) < 4.78 is 5.25. The van der Waals surface area contributed by atoms with Gasteiger partial charge in [0.15, 0.2) is 0 Å². The molecule has 1 saturated heterocycles. The number of halogens is 1. The number of amides is 1. The van der Waals surface area contributed by atoms with Crippen LogP contribution in [0.15, 0.2) is 0 Å². The fourth-order valence-corrected chi connectivity index (χ4v) is 2.85. The topological polar surface area (TPSA) is 38.3 Å². The van der Waals surface area contributed by atoms with Crippen LogP contribution in [0.2, 0.25) is 0 Å². The summed E-state index contributed by atoms with van der Waals surface area (Å²) in [4.78, 5) is 11.9. The molecule has 0 aromatic rings. The number of rotatable bonds is 5. The van der Waals surface area contributed by atoms with Crippen molar-refractivity contribution < 1.29 is 9.53 Å². The molecule has 0 aliphatic carbocycles. The molecule has 0 atom stereocenters. The van der Waals surface area contributed by atoms with E-state index in [2.05, 4.69) is 35.1 Å². The molecule has 1 N–H and O–H groups in total. The third-order valence-corrected chi connectivity index (χ3v) is 3.50. The van der Waals surface area contributed by atoms with Crippen molar-refractivity contribution in [3.63, 3.8) is 0 Å². The highest BCUT2D eigenvalue weighted by Crippen LogP contribution is 2.21. The van der Waals surface area contributed by atoms with Gasteiger partial charge in [-0.3, -0.25) is 4.79 Å². The van der Waals surface area contributed by atoms with Gasteiger partial charge in [-0.2, -0.15) is 0 Å². The minimum absolute atomic E-state index is 0.161. The second-order valence-electron chi connectivity index (χ2n) is 5.21. The molecule has 1 amide bonds. The van der Waals surface area contributed by atoms with Crippen molar-refractivity contribution in [2.45, 2.75) is 33.1 Å². The fourth-order valence-electron chi connectivity index (χ4n) is 1.77. The molecule has 0 aromatic heterocycles. The first kappa shape index (κ1) is 14.0. The number of ether oxygens (including phenoxy) is 1. The summed E-state index contributed by atoms with van der Waals surface area (Å²) in [5.41, 5.74) is 0.171. The molecule has 1 aliphatic heterocycles. The summed E-state index contributed by atoms with van der Waals surface area (Å²) in [5.74, 6) is 0.361. The normalized spacial score (nSPS) is 18.4. The Labute approximate surface area is 106 Å². The van der Waals surface area contributed by atoms with Crippen LogP contribution in [-0.4, -0.2) is 31.0 Å². The SMILES string of the molecule is CC(C)(CCBr)CNC(=O)C1CCOCC1. The van der Waals surface area contributed by atoms with Crippen LogP contribution in [0.3, 0.4) is 0 Å². The van der Waals surface area contributed by atoms with Gasteiger partial charge in [0, 0.05) is 31.0 Å². The van der Waals surface area contributed by atoms with Crippen LogP contribution in [0.1, 0.15) is 33.1 Å². The molecule has 1 fully saturated rings. The molecule has 0 unspecified atom stereocenters. The lowest BCUT2D eigenvalue weighted by Gasteiger charge is -2.27. The maximum Gasteiger partial charge on any atom is 0.223 e. The van der Waals surface area contributed by atoms with Gasteiger partial charge >= 0.3 is 0 Å². The Balaban J connectivity index is 2.28. The lowest BCUT2D eigenvalue weighted by atomic mass is 9.90. The van der Waals surface area contributed by atoms with Crippen LogP contribution in [0.5, 0.6) is 0 Å². The first-order valence-corrected chi connectivity index (χ1v) is 7.09. The van der Waals surface area contributed by atoms with Gasteiger partial charge in [0.25, 0.3) is 0 Å². The molecule has 0 saturated carbocycles. The predicted molar refractivity (Wildman–Crippen MR) is 68.7 cm³/mol. The highest BCUT2D eigenvalue weighted by Gasteiger charge is 2.24. The molecule has 0 spiro atoms. The maximum atomic E-state index is 11.9. The minimum Gasteiger partial charge on any atom is -0.381 e. The Morgan fingerprint density at radius 1 is 1.44 bits per heavy atom. The Bertz CT molecular complexity index is 225. The summed E-state index contributed by atoms with van der Waals surface area (Å²) in [7, 11) is 0. The number of hydrogen-bond acceptors (Lipinski definition) is 2. The summed E-state index contributed by atoms with van der Waals surface area (Å²) in [6.07, 6.45) is 2.80. The van der Waals surface area contributed by atoms with Crippen LogP contribution in [0.4, 0.5) is 0 Å². The number of carbonyl (C=O) groups is 1. The highest BCUT2D eigenvalue weighted by molar-refractivity contribution is 9.09. The number of nitrogens with one attached hydrogen (secondary N) is 1. The van der Waals surface area contributed by atoms with Gasteiger partial charge in [-0.15, -0.1) is 0 Å². The standard InChI is InChI=1S/C12H22BrNO2/c1-12(2,5-6-13)9-14-11(15)10-3-7-16-8-4-10/h10H,3-9H2,1-2H3,(H,14,15). The molecule has 0 aromatic carbocycles. The largest absolute Gasteiger partial charge is 0.381 e. The molecule has 1 rings (SSSR count). The highest BCUT2D eigenvalue weighted by atomic mass is 79.9. The average molecular weight is 292 g/mol. The molecule has 94 valence electrons. The average Bonchev–Trinajstić information content (AvgIpc) is 2.27. The van der Waals surface area contributed by atoms with Crippen LogP contribution < -0.4 is 5.32 Å². The second-order valence-corrected chi connectivity index (χ2v) is 6.00. The van der Waals surface area contributed by atoms with E-state index in [-0.39, 0.29) is 17.2 Å². The van der Waals surface area contributed by atoms with E-state index in [1.54, 1.807) is 0 Å². The van der Waals surface area contributed by atoms with Gasteiger partial charge in [0.05, 0.1) is 0 Å². The van der Waals surface area contributed by atoms with Gasteiger partial charge in [0.2, 0.25) is 5.91 Å². The second kappa shape index (κ2) is 6.60. The monoisotopic (exact) mass is 291 g/mol. The number of hydrogen-bond donors (Lipinski definition) is 1. The molecule has 4 heteroatoms. The smallest absolute Gasteiger partial charge is 0.223 e. The van der Waals surface area contributed by atoms with Crippen molar-refractivity contribution in [3.8, 4) is 0 Å². The van der Waals surface area contributed by atoms with Gasteiger partial charge in [0.1, 0.15) is 0 Å². The Kier molecular flexibility index (Phi) is 5.76. The van der Waals surface area contributed by atoms with E-state index in [1.807, 2.05) is 0 Å². The Morgan fingerprint density at radius 2 is 2.06 bits per heavy atom. The van der Waals surface area contributed by atoms with Crippen molar-refractivity contribution in [2.24, 2.45) is 11.3 Å². The van der Waals surface area contributed by atoms with Gasteiger partial charge in [-0.1, -0.05) is 29.8 Å². The quantitative estimate of drug-likeness (QED) is 0.790. The summed E-state index contributed by atoms with van der Waals surface area (Å²) in [6, 6.07) is 0. The van der Waals surface area contributed by atoms with E-state index in [4.69, 9.17) is 4.74 Å². The van der Waals surface area contributed by atoms with Gasteiger partial charge in [-0.25, -0.2) is 0 Å². The van der Waals surface area contributed by atoms with Crippen molar-refractivity contribution in [3.05, 3.63) is 0 Å². The van der Waals surface area contributed by atoms with E-state index in [0.29, 0.717) is 0 Å². The minimum atomic E-state index is 0.161. The van der Waals surface area contributed by atoms with Crippen LogP contribution in [-0.2, 0) is 9.53 Å². The molecular formula is C12H22BrNO2. The van der Waals surface area contributed by atoms with E-state index < -0.39 is 0 Å². The maximum absolute atomic E-state index is 11.9. The van der Waals surface area contributed by atoms with Crippen molar-refractivity contribution >= 4 is 21.8 Å².